The van der Waals surface area contributed by atoms with Gasteiger partial charge in [-0.1, -0.05) is 0 Å². The predicted octanol–water partition coefficient (Wildman–Crippen LogP) is 1.42. The van der Waals surface area contributed by atoms with E-state index >= 15 is 0 Å². The molecular weight excluding hydrogens is 320 g/mol. The molecule has 0 atom stereocenters. The van der Waals surface area contributed by atoms with Crippen molar-refractivity contribution in [1.82, 2.24) is 15.5 Å². The molecule has 0 fully saturated rings. The Morgan fingerprint density at radius 2 is 2.04 bits per heavy atom. The first-order chi connectivity index (χ1) is 12.1. The number of nitrogens with one attached hydrogen (secondary N) is 2. The minimum atomic E-state index is 0.221. The lowest BCUT2D eigenvalue weighted by atomic mass is 10.2. The summed E-state index contributed by atoms with van der Waals surface area (Å²) in [7, 11) is 5.42. The van der Waals surface area contributed by atoms with Gasteiger partial charge in [0, 0.05) is 45.5 Å². The van der Waals surface area contributed by atoms with E-state index in [1.165, 1.54) is 0 Å². The summed E-state index contributed by atoms with van der Waals surface area (Å²) in [5.41, 5.74) is 0.730. The number of aromatic hydroxyl groups is 1. The topological polar surface area (TPSA) is 78.4 Å². The first-order valence-electron chi connectivity index (χ1n) is 8.66. The highest BCUT2D eigenvalue weighted by molar-refractivity contribution is 5.79. The van der Waals surface area contributed by atoms with E-state index in [9.17, 15) is 5.11 Å². The standard InChI is InChI=1S/C18H32N4O3/c1-5-19-18(20-9-11-22(2)10-6-12-24-3)21-14-15-13-16(25-4)7-8-17(15)23/h7-8,13,23H,5-6,9-12,14H2,1-4H3,(H2,19,20,21). The summed E-state index contributed by atoms with van der Waals surface area (Å²) >= 11 is 0. The van der Waals surface area contributed by atoms with Crippen LogP contribution in [0.25, 0.3) is 0 Å². The lowest BCUT2D eigenvalue weighted by Crippen LogP contribution is -2.41. The Labute approximate surface area is 151 Å². The van der Waals surface area contributed by atoms with Crippen molar-refractivity contribution in [1.29, 1.82) is 0 Å². The number of benzene rings is 1. The SMILES string of the molecule is CCNC(=NCc1cc(OC)ccc1O)NCCN(C)CCCOC. The lowest BCUT2D eigenvalue weighted by Gasteiger charge is -2.18. The van der Waals surface area contributed by atoms with Crippen LogP contribution in [0.2, 0.25) is 0 Å². The molecule has 0 bridgehead atoms. The van der Waals surface area contributed by atoms with Crippen molar-refractivity contribution in [2.45, 2.75) is 19.9 Å². The van der Waals surface area contributed by atoms with Crippen molar-refractivity contribution in [2.24, 2.45) is 4.99 Å². The Morgan fingerprint density at radius 3 is 2.72 bits per heavy atom. The van der Waals surface area contributed by atoms with Crippen LogP contribution in [0.15, 0.2) is 23.2 Å². The van der Waals surface area contributed by atoms with Gasteiger partial charge < -0.3 is 30.1 Å². The molecule has 0 aliphatic heterocycles. The molecule has 0 aliphatic rings. The van der Waals surface area contributed by atoms with Crippen LogP contribution in [0.4, 0.5) is 0 Å². The van der Waals surface area contributed by atoms with Crippen LogP contribution in [0.5, 0.6) is 11.5 Å². The number of phenolic OH excluding ortho intramolecular Hbond substituents is 1. The summed E-state index contributed by atoms with van der Waals surface area (Å²) in [4.78, 5) is 6.79. The minimum absolute atomic E-state index is 0.221. The molecule has 25 heavy (non-hydrogen) atoms. The van der Waals surface area contributed by atoms with Gasteiger partial charge in [-0.15, -0.1) is 0 Å². The predicted molar refractivity (Wildman–Crippen MR) is 101 cm³/mol. The quantitative estimate of drug-likeness (QED) is 0.318. The number of rotatable bonds is 11. The molecule has 0 aromatic heterocycles. The Kier molecular flexibility index (Phi) is 10.4. The molecule has 0 saturated carbocycles. The molecule has 1 rings (SSSR count). The number of guanidine groups is 1. The van der Waals surface area contributed by atoms with Crippen molar-refractivity contribution in [3.63, 3.8) is 0 Å². The summed E-state index contributed by atoms with van der Waals surface area (Å²) in [6.07, 6.45) is 1.02. The van der Waals surface area contributed by atoms with Crippen LogP contribution in [-0.4, -0.2) is 70.0 Å². The molecule has 0 aliphatic carbocycles. The van der Waals surface area contributed by atoms with Crippen LogP contribution in [0, 0.1) is 0 Å². The van der Waals surface area contributed by atoms with Crippen molar-refractivity contribution in [3.8, 4) is 11.5 Å². The van der Waals surface area contributed by atoms with Gasteiger partial charge in [0.15, 0.2) is 5.96 Å². The maximum Gasteiger partial charge on any atom is 0.191 e. The van der Waals surface area contributed by atoms with Crippen molar-refractivity contribution >= 4 is 5.96 Å². The molecule has 0 heterocycles. The lowest BCUT2D eigenvalue weighted by molar-refractivity contribution is 0.180. The minimum Gasteiger partial charge on any atom is -0.508 e. The van der Waals surface area contributed by atoms with Gasteiger partial charge >= 0.3 is 0 Å². The third-order valence-corrected chi connectivity index (χ3v) is 3.71. The van der Waals surface area contributed by atoms with Crippen molar-refractivity contribution < 1.29 is 14.6 Å². The van der Waals surface area contributed by atoms with E-state index in [0.717, 1.165) is 50.7 Å². The largest absolute Gasteiger partial charge is 0.508 e. The summed E-state index contributed by atoms with van der Waals surface area (Å²) < 4.78 is 10.3. The fraction of sp³-hybridized carbons (Fsp3) is 0.611. The third kappa shape index (κ3) is 8.60. The van der Waals surface area contributed by atoms with Gasteiger partial charge in [0.1, 0.15) is 11.5 Å². The van der Waals surface area contributed by atoms with E-state index < -0.39 is 0 Å². The molecule has 3 N–H and O–H groups in total. The van der Waals surface area contributed by atoms with E-state index in [0.29, 0.717) is 12.3 Å². The van der Waals surface area contributed by atoms with Gasteiger partial charge in [-0.05, 0) is 38.6 Å². The number of methoxy groups -OCH3 is 2. The van der Waals surface area contributed by atoms with Gasteiger partial charge in [0.05, 0.1) is 13.7 Å². The molecule has 1 aromatic carbocycles. The van der Waals surface area contributed by atoms with Gasteiger partial charge in [0.25, 0.3) is 0 Å². The number of nitrogens with zero attached hydrogens (tertiary/aromatic N) is 2. The maximum absolute atomic E-state index is 9.94. The zero-order valence-electron chi connectivity index (χ0n) is 15.8. The molecule has 1 aromatic rings. The van der Waals surface area contributed by atoms with Crippen molar-refractivity contribution in [3.05, 3.63) is 23.8 Å². The number of hydrogen-bond donors (Lipinski definition) is 3. The second-order valence-electron chi connectivity index (χ2n) is 5.77. The smallest absolute Gasteiger partial charge is 0.191 e. The average molecular weight is 352 g/mol. The second kappa shape index (κ2) is 12.4. The number of phenols is 1. The first kappa shape index (κ1) is 21.1. The zero-order valence-corrected chi connectivity index (χ0v) is 15.8. The molecule has 0 spiro atoms. The highest BCUT2D eigenvalue weighted by atomic mass is 16.5. The molecule has 0 saturated heterocycles. The number of aliphatic imine (C=N–C) groups is 1. The molecule has 7 heteroatoms. The van der Waals surface area contributed by atoms with Crippen molar-refractivity contribution in [2.75, 3.05) is 54.1 Å². The van der Waals surface area contributed by atoms with Gasteiger partial charge in [-0.3, -0.25) is 0 Å². The summed E-state index contributed by atoms with van der Waals surface area (Å²) in [5.74, 6) is 1.66. The molecule has 7 nitrogen and oxygen atoms in total. The Morgan fingerprint density at radius 1 is 1.24 bits per heavy atom. The monoisotopic (exact) mass is 352 g/mol. The van der Waals surface area contributed by atoms with Crippen LogP contribution in [0.1, 0.15) is 18.9 Å². The highest BCUT2D eigenvalue weighted by Crippen LogP contribution is 2.23. The Hall–Kier alpha value is -1.99. The summed E-state index contributed by atoms with van der Waals surface area (Å²) in [5, 5.41) is 16.5. The fourth-order valence-electron chi connectivity index (χ4n) is 2.28. The molecular formula is C18H32N4O3. The van der Waals surface area contributed by atoms with Gasteiger partial charge in [0.2, 0.25) is 0 Å². The van der Waals surface area contributed by atoms with Gasteiger partial charge in [-0.2, -0.15) is 0 Å². The zero-order chi connectivity index (χ0) is 18.5. The normalized spacial score (nSPS) is 11.6. The average Bonchev–Trinajstić information content (AvgIpc) is 2.61. The molecule has 0 unspecified atom stereocenters. The molecule has 0 amide bonds. The van der Waals surface area contributed by atoms with E-state index in [1.807, 2.05) is 6.92 Å². The van der Waals surface area contributed by atoms with E-state index in [1.54, 1.807) is 32.4 Å². The van der Waals surface area contributed by atoms with Crippen LogP contribution >= 0.6 is 0 Å². The number of likely N-dealkylation sites (N-methyl/N-ethyl adjacent to an activating group) is 1. The molecule has 142 valence electrons. The van der Waals surface area contributed by atoms with E-state index in [4.69, 9.17) is 9.47 Å². The van der Waals surface area contributed by atoms with E-state index in [-0.39, 0.29) is 5.75 Å². The molecule has 0 radical (unpaired) electrons. The fourth-order valence-corrected chi connectivity index (χ4v) is 2.28. The Bertz CT molecular complexity index is 523. The van der Waals surface area contributed by atoms with Gasteiger partial charge in [-0.25, -0.2) is 4.99 Å². The van der Waals surface area contributed by atoms with Crippen LogP contribution in [0.3, 0.4) is 0 Å². The first-order valence-corrected chi connectivity index (χ1v) is 8.66. The number of ether oxygens (including phenoxy) is 2. The summed E-state index contributed by atoms with van der Waals surface area (Å²) in [6.45, 7) is 6.67. The van der Waals surface area contributed by atoms with Crippen LogP contribution in [-0.2, 0) is 11.3 Å². The second-order valence-corrected chi connectivity index (χ2v) is 5.77. The van der Waals surface area contributed by atoms with Crippen LogP contribution < -0.4 is 15.4 Å². The third-order valence-electron chi connectivity index (χ3n) is 3.71. The highest BCUT2D eigenvalue weighted by Gasteiger charge is 2.04. The van der Waals surface area contributed by atoms with E-state index in [2.05, 4.69) is 27.6 Å². The Balaban J connectivity index is 2.51. The summed E-state index contributed by atoms with van der Waals surface area (Å²) in [6, 6.07) is 5.15. The maximum atomic E-state index is 9.94. The number of hydrogen-bond acceptors (Lipinski definition) is 5.